The van der Waals surface area contributed by atoms with Crippen molar-refractivity contribution in [1.82, 2.24) is 29.7 Å². The third-order valence-electron chi connectivity index (χ3n) is 6.20. The second-order valence-corrected chi connectivity index (χ2v) is 11.2. The fraction of sp³-hybridized carbons (Fsp3) is 0.440. The Bertz CT molecular complexity index is 1390. The molecule has 3 aromatic rings. The molecule has 1 saturated heterocycles. The molecule has 1 atom stereocenters. The summed E-state index contributed by atoms with van der Waals surface area (Å²) in [6.45, 7) is 4.64. The van der Waals surface area contributed by atoms with E-state index in [0.717, 1.165) is 12.8 Å². The molecule has 13 heteroatoms. The Morgan fingerprint density at radius 2 is 1.87 bits per heavy atom. The molecule has 3 heterocycles. The molecule has 2 aromatic heterocycles. The minimum Gasteiger partial charge on any atom is -0.458 e. The van der Waals surface area contributed by atoms with Crippen LogP contribution in [-0.4, -0.2) is 72.2 Å². The maximum atomic E-state index is 13.5. The highest BCUT2D eigenvalue weighted by Crippen LogP contribution is 2.34. The molecule has 2 fully saturated rings. The number of piperazine rings is 1. The molecule has 0 bridgehead atoms. The Morgan fingerprint density at radius 3 is 2.53 bits per heavy atom. The highest BCUT2D eigenvalue weighted by molar-refractivity contribution is 6.31. The first-order chi connectivity index (χ1) is 18.0. The van der Waals surface area contributed by atoms with E-state index in [2.05, 4.69) is 15.4 Å². The molecule has 2 aliphatic rings. The summed E-state index contributed by atoms with van der Waals surface area (Å²) in [7, 11) is 0. The molecule has 11 nitrogen and oxygen atoms in total. The third-order valence-corrected chi connectivity index (χ3v) is 6.61. The lowest BCUT2D eigenvalue weighted by atomic mass is 10.1. The number of halogens is 2. The van der Waals surface area contributed by atoms with Crippen LogP contribution in [-0.2, 0) is 25.5 Å². The highest BCUT2D eigenvalue weighted by atomic mass is 35.5. The number of aromatic nitrogens is 5. The maximum absolute atomic E-state index is 13.5. The van der Waals surface area contributed by atoms with Crippen molar-refractivity contribution in [2.75, 3.05) is 18.0 Å². The van der Waals surface area contributed by atoms with Gasteiger partial charge in [-0.25, -0.2) is 9.48 Å². The minimum atomic E-state index is -1.01. The van der Waals surface area contributed by atoms with Crippen molar-refractivity contribution < 1.29 is 19.1 Å². The van der Waals surface area contributed by atoms with E-state index in [0.29, 0.717) is 28.1 Å². The summed E-state index contributed by atoms with van der Waals surface area (Å²) in [5.41, 5.74) is 0.717. The second kappa shape index (κ2) is 10.0. The number of carbonyl (C=O) groups excluding carboxylic acids is 3. The van der Waals surface area contributed by atoms with Crippen LogP contribution in [0.15, 0.2) is 36.7 Å². The minimum absolute atomic E-state index is 0.132. The SMILES string of the molecule is CC(C)(C)OC(=O)C(Cc1ccn(C2CC2)n1)N1CC(=O)N(c2cc(Cl)ccc2-n2cc(Cl)nn2)CC1=O. The maximum Gasteiger partial charge on any atom is 0.329 e. The van der Waals surface area contributed by atoms with Gasteiger partial charge in [0.25, 0.3) is 0 Å². The largest absolute Gasteiger partial charge is 0.458 e. The Hall–Kier alpha value is -3.44. The van der Waals surface area contributed by atoms with Gasteiger partial charge in [0.05, 0.1) is 29.3 Å². The van der Waals surface area contributed by atoms with Crippen LogP contribution in [0.3, 0.4) is 0 Å². The van der Waals surface area contributed by atoms with E-state index in [1.165, 1.54) is 20.7 Å². The molecule has 2 amide bonds. The number of hydrogen-bond acceptors (Lipinski definition) is 7. The van der Waals surface area contributed by atoms with Crippen molar-refractivity contribution in [3.05, 3.63) is 52.5 Å². The van der Waals surface area contributed by atoms with Crippen LogP contribution in [0.5, 0.6) is 0 Å². The molecular weight excluding hydrogens is 533 g/mol. The van der Waals surface area contributed by atoms with E-state index in [1.54, 1.807) is 39.0 Å². The predicted molar refractivity (Wildman–Crippen MR) is 139 cm³/mol. The molecule has 0 N–H and O–H groups in total. The molecule has 5 rings (SSSR count). The van der Waals surface area contributed by atoms with Gasteiger partial charge in [0, 0.05) is 17.6 Å². The number of amides is 2. The number of ether oxygens (including phenoxy) is 1. The lowest BCUT2D eigenvalue weighted by Crippen LogP contribution is -2.60. The summed E-state index contributed by atoms with van der Waals surface area (Å²) < 4.78 is 8.92. The van der Waals surface area contributed by atoms with Crippen molar-refractivity contribution in [3.63, 3.8) is 0 Å². The first-order valence-corrected chi connectivity index (χ1v) is 13.0. The molecule has 200 valence electrons. The van der Waals surface area contributed by atoms with Crippen LogP contribution in [0, 0.1) is 0 Å². The van der Waals surface area contributed by atoms with Crippen LogP contribution in [0.2, 0.25) is 10.2 Å². The molecule has 38 heavy (non-hydrogen) atoms. The van der Waals surface area contributed by atoms with Gasteiger partial charge in [-0.05, 0) is 57.9 Å². The van der Waals surface area contributed by atoms with Crippen LogP contribution in [0.25, 0.3) is 5.69 Å². The van der Waals surface area contributed by atoms with Crippen molar-refractivity contribution in [2.45, 2.75) is 57.7 Å². The fourth-order valence-electron chi connectivity index (χ4n) is 4.32. The molecule has 1 saturated carbocycles. The Balaban J connectivity index is 1.42. The molecule has 1 aromatic carbocycles. The summed E-state index contributed by atoms with van der Waals surface area (Å²) in [5.74, 6) is -1.39. The quantitative estimate of drug-likeness (QED) is 0.408. The lowest BCUT2D eigenvalue weighted by molar-refractivity contribution is -0.165. The average molecular weight is 560 g/mol. The van der Waals surface area contributed by atoms with Crippen LogP contribution >= 0.6 is 23.2 Å². The number of benzene rings is 1. The molecule has 0 spiro atoms. The molecule has 0 radical (unpaired) electrons. The predicted octanol–water partition coefficient (Wildman–Crippen LogP) is 3.23. The molecule has 1 aliphatic heterocycles. The monoisotopic (exact) mass is 559 g/mol. The van der Waals surface area contributed by atoms with Gasteiger partial charge < -0.3 is 9.64 Å². The number of rotatable bonds is 7. The lowest BCUT2D eigenvalue weighted by Gasteiger charge is -2.38. The zero-order chi connectivity index (χ0) is 27.2. The zero-order valence-corrected chi connectivity index (χ0v) is 22.7. The van der Waals surface area contributed by atoms with Gasteiger partial charge in [-0.15, -0.1) is 5.10 Å². The Morgan fingerprint density at radius 1 is 1.11 bits per heavy atom. The smallest absolute Gasteiger partial charge is 0.329 e. The van der Waals surface area contributed by atoms with Crippen LogP contribution < -0.4 is 4.90 Å². The van der Waals surface area contributed by atoms with Gasteiger partial charge in [0.1, 0.15) is 24.7 Å². The van der Waals surface area contributed by atoms with E-state index < -0.39 is 29.4 Å². The Labute approximate surface area is 229 Å². The standard InChI is InChI=1S/C25H27Cl2N7O4/c1-25(2,3)38-24(37)20(11-16-8-9-33(29-16)17-5-6-17)32-14-22(35)31(13-23(32)36)19-10-15(26)4-7-18(19)34-12-21(27)28-30-34/h4,7-10,12,17,20H,5-6,11,13-14H2,1-3H3. The number of anilines is 1. The van der Waals surface area contributed by atoms with Crippen molar-refractivity contribution in [1.29, 1.82) is 0 Å². The molecular formula is C25H27Cl2N7O4. The summed E-state index contributed by atoms with van der Waals surface area (Å²) in [6.07, 6.45) is 5.63. The van der Waals surface area contributed by atoms with Gasteiger partial charge in [0.2, 0.25) is 11.8 Å². The van der Waals surface area contributed by atoms with E-state index in [1.807, 2.05) is 16.9 Å². The number of nitrogens with zero attached hydrogens (tertiary/aromatic N) is 7. The normalized spacial score (nSPS) is 17.2. The summed E-state index contributed by atoms with van der Waals surface area (Å²) >= 11 is 12.2. The van der Waals surface area contributed by atoms with Gasteiger partial charge in [0.15, 0.2) is 5.15 Å². The van der Waals surface area contributed by atoms with Crippen molar-refractivity contribution >= 4 is 46.7 Å². The van der Waals surface area contributed by atoms with Crippen molar-refractivity contribution in [3.8, 4) is 5.69 Å². The summed E-state index contributed by atoms with van der Waals surface area (Å²) in [5, 5.41) is 12.9. The van der Waals surface area contributed by atoms with Gasteiger partial charge in [-0.1, -0.05) is 28.4 Å². The van der Waals surface area contributed by atoms with E-state index in [4.69, 9.17) is 27.9 Å². The fourth-order valence-corrected chi connectivity index (χ4v) is 4.61. The summed E-state index contributed by atoms with van der Waals surface area (Å²) in [4.78, 5) is 42.8. The third kappa shape index (κ3) is 5.68. The van der Waals surface area contributed by atoms with Gasteiger partial charge in [-0.3, -0.25) is 19.2 Å². The Kier molecular flexibility index (Phi) is 6.91. The van der Waals surface area contributed by atoms with E-state index in [9.17, 15) is 14.4 Å². The van der Waals surface area contributed by atoms with Crippen LogP contribution in [0.1, 0.15) is 45.3 Å². The van der Waals surface area contributed by atoms with Gasteiger partial charge >= 0.3 is 5.97 Å². The molecule has 1 unspecified atom stereocenters. The number of carbonyl (C=O) groups is 3. The van der Waals surface area contributed by atoms with Crippen molar-refractivity contribution in [2.24, 2.45) is 0 Å². The molecule has 1 aliphatic carbocycles. The zero-order valence-electron chi connectivity index (χ0n) is 21.2. The first kappa shape index (κ1) is 26.2. The topological polar surface area (TPSA) is 115 Å². The van der Waals surface area contributed by atoms with Crippen LogP contribution in [0.4, 0.5) is 5.69 Å². The second-order valence-electron chi connectivity index (χ2n) is 10.4. The summed E-state index contributed by atoms with van der Waals surface area (Å²) in [6, 6.07) is 6.07. The number of hydrogen-bond donors (Lipinski definition) is 0. The van der Waals surface area contributed by atoms with Gasteiger partial charge in [-0.2, -0.15) is 5.10 Å². The highest BCUT2D eigenvalue weighted by Gasteiger charge is 2.41. The number of esters is 1. The average Bonchev–Trinajstić information content (AvgIpc) is 3.43. The van der Waals surface area contributed by atoms with E-state index >= 15 is 0 Å². The van der Waals surface area contributed by atoms with E-state index in [-0.39, 0.29) is 24.7 Å². The first-order valence-electron chi connectivity index (χ1n) is 12.2.